The van der Waals surface area contributed by atoms with Crippen molar-refractivity contribution in [1.82, 2.24) is 43.6 Å². The minimum atomic E-state index is -0.0820. The van der Waals surface area contributed by atoms with Crippen LogP contribution in [0.5, 0.6) is 0 Å². The van der Waals surface area contributed by atoms with Crippen LogP contribution in [0.25, 0.3) is 184 Å². The van der Waals surface area contributed by atoms with Gasteiger partial charge in [-0.15, -0.1) is 0 Å². The number of benzene rings is 15. The first-order chi connectivity index (χ1) is 55.5. The fourth-order valence-corrected chi connectivity index (χ4v) is 17.2. The predicted molar refractivity (Wildman–Crippen MR) is 459 cm³/mol. The Morgan fingerprint density at radius 3 is 1.02 bits per heavy atom. The van der Waals surface area contributed by atoms with Gasteiger partial charge in [-0.05, 0) is 110 Å². The smallest absolute Gasteiger partial charge is 0.238 e. The topological polar surface area (TPSA) is 95.4 Å². The number of fused-ring (bicyclic) bond motifs is 14. The first-order valence-corrected chi connectivity index (χ1v) is 38.1. The van der Waals surface area contributed by atoms with Crippen LogP contribution in [0.4, 0.5) is 11.6 Å². The molecule has 0 N–H and O–H groups in total. The molecule has 0 bridgehead atoms. The van der Waals surface area contributed by atoms with Gasteiger partial charge >= 0.3 is 0 Å². The van der Waals surface area contributed by atoms with Gasteiger partial charge in [-0.3, -0.25) is 4.57 Å². The van der Waals surface area contributed by atoms with Crippen LogP contribution < -0.4 is 4.90 Å². The van der Waals surface area contributed by atoms with E-state index in [2.05, 4.69) is 389 Å². The summed E-state index contributed by atoms with van der Waals surface area (Å²) in [6.45, 7) is 0. The van der Waals surface area contributed by atoms with E-state index in [-0.39, 0.29) is 12.0 Å². The summed E-state index contributed by atoms with van der Waals surface area (Å²) in [7, 11) is 0. The SMILES string of the molecule is C1=CC2c3ccc4c5ccccc5n(-c5ccccc5)c4c3N(c3nc(-c4ccc(-c5ccccc5)cc4)nc(-c4ccc(-c5ccc(-c6cccc(-c7ccc(-c8nc(-c9ccccc9)nc(-n9c%10ccccc%10c%10ccc%11c%12ccccc%12n(-c%12ccc(-c%13ccccc%13)cc%12)c%11c%109)n8)cc7)c6)cc5)cc4)n3)C2C=C1. The maximum absolute atomic E-state index is 5.52. The van der Waals surface area contributed by atoms with Crippen LogP contribution in [0, 0.1) is 0 Å². The van der Waals surface area contributed by atoms with E-state index in [1.165, 1.54) is 27.3 Å². The zero-order valence-electron chi connectivity index (χ0n) is 60.6. The maximum atomic E-state index is 5.52. The van der Waals surface area contributed by atoms with Gasteiger partial charge in [0.25, 0.3) is 0 Å². The van der Waals surface area contributed by atoms with Crippen LogP contribution in [0.3, 0.4) is 0 Å². The molecule has 1 aliphatic heterocycles. The van der Waals surface area contributed by atoms with Crippen LogP contribution in [0.15, 0.2) is 388 Å². The Bertz CT molecular complexity index is 7130. The number of nitrogens with zero attached hydrogens (tertiary/aromatic N) is 10. The second kappa shape index (κ2) is 26.4. The molecule has 0 saturated carbocycles. The summed E-state index contributed by atoms with van der Waals surface area (Å²) in [4.78, 5) is 34.9. The molecule has 1 aliphatic carbocycles. The van der Waals surface area contributed by atoms with E-state index >= 15 is 0 Å². The van der Waals surface area contributed by atoms with Gasteiger partial charge in [-0.2, -0.15) is 19.9 Å². The van der Waals surface area contributed by atoms with Crippen molar-refractivity contribution in [3.63, 3.8) is 0 Å². The van der Waals surface area contributed by atoms with E-state index < -0.39 is 0 Å². The third kappa shape index (κ3) is 10.8. The summed E-state index contributed by atoms with van der Waals surface area (Å²) in [5.41, 5.74) is 25.7. The Balaban J connectivity index is 0.589. The molecule has 2 atom stereocenters. The van der Waals surface area contributed by atoms with E-state index in [1.807, 2.05) is 18.2 Å². The molecule has 5 aromatic heterocycles. The first-order valence-electron chi connectivity index (χ1n) is 38.1. The maximum Gasteiger partial charge on any atom is 0.238 e. The number of allylic oxidation sites excluding steroid dienone is 2. The zero-order valence-corrected chi connectivity index (χ0v) is 60.6. The highest BCUT2D eigenvalue weighted by molar-refractivity contribution is 6.24. The molecule has 15 aromatic carbocycles. The lowest BCUT2D eigenvalue weighted by Gasteiger charge is -2.27. The molecule has 524 valence electrons. The molecule has 22 rings (SSSR count). The molecule has 0 spiro atoms. The van der Waals surface area contributed by atoms with Gasteiger partial charge in [0.1, 0.15) is 0 Å². The Labute approximate surface area is 645 Å². The fourth-order valence-electron chi connectivity index (χ4n) is 17.2. The summed E-state index contributed by atoms with van der Waals surface area (Å²) in [6.07, 6.45) is 8.95. The van der Waals surface area contributed by atoms with Crippen LogP contribution in [-0.4, -0.2) is 49.6 Å². The van der Waals surface area contributed by atoms with Gasteiger partial charge in [-0.25, -0.2) is 9.97 Å². The van der Waals surface area contributed by atoms with Crippen LogP contribution >= 0.6 is 0 Å². The van der Waals surface area contributed by atoms with E-state index in [9.17, 15) is 0 Å². The highest BCUT2D eigenvalue weighted by Crippen LogP contribution is 2.53. The van der Waals surface area contributed by atoms with Crippen molar-refractivity contribution in [2.24, 2.45) is 0 Å². The number of aromatic nitrogens is 9. The van der Waals surface area contributed by atoms with Gasteiger partial charge in [-0.1, -0.05) is 340 Å². The molecule has 10 heteroatoms. The molecule has 2 unspecified atom stereocenters. The lowest BCUT2D eigenvalue weighted by Crippen LogP contribution is -2.30. The van der Waals surface area contributed by atoms with Crippen molar-refractivity contribution < 1.29 is 0 Å². The summed E-state index contributed by atoms with van der Waals surface area (Å²) in [5.74, 6) is 3.55. The molecule has 0 amide bonds. The summed E-state index contributed by atoms with van der Waals surface area (Å²) >= 11 is 0. The lowest BCUT2D eigenvalue weighted by molar-refractivity contribution is 0.728. The molecule has 6 heterocycles. The van der Waals surface area contributed by atoms with Crippen molar-refractivity contribution in [3.8, 4) is 119 Å². The predicted octanol–water partition coefficient (Wildman–Crippen LogP) is 25.1. The molecular weight excluding hydrogens is 1370 g/mol. The van der Waals surface area contributed by atoms with Crippen molar-refractivity contribution in [3.05, 3.63) is 394 Å². The molecule has 0 saturated heterocycles. The number of anilines is 2. The summed E-state index contributed by atoms with van der Waals surface area (Å²) < 4.78 is 7.09. The third-order valence-corrected chi connectivity index (χ3v) is 22.5. The highest BCUT2D eigenvalue weighted by Gasteiger charge is 2.42. The first kappa shape index (κ1) is 64.2. The van der Waals surface area contributed by atoms with Gasteiger partial charge in [0.15, 0.2) is 23.3 Å². The van der Waals surface area contributed by atoms with E-state index in [4.69, 9.17) is 29.9 Å². The molecule has 20 aromatic rings. The quantitative estimate of drug-likeness (QED) is 0.113. The van der Waals surface area contributed by atoms with Gasteiger partial charge in [0.05, 0.1) is 44.8 Å². The van der Waals surface area contributed by atoms with Crippen molar-refractivity contribution in [1.29, 1.82) is 0 Å². The average molecular weight is 1430 g/mol. The standard InChI is InChI=1S/C102H66N10/c1-5-22-65(23-6-1)67-44-50-74(51-45-67)99-104-100(108-102(107-99)111-91-38-19-15-34-83(91)87-62-60-85-81-32-13-17-36-89(81)109(93(85)95(87)111)79-30-11-4-12-31-79)75-52-46-69(47-53-75)68-40-42-71(43-41-68)77-28-21-29-78(64-77)72-48-54-76(55-49-72)98-103-97(73-26-9-3-10-27-73)105-101(106-98)112-92-39-20-16-35-84(92)88-63-61-86-82-33-14-18-37-90(82)110(94(86)96(88)112)80-58-56-70(57-59-80)66-24-7-2-8-25-66/h1-64,83,91H. The van der Waals surface area contributed by atoms with Crippen molar-refractivity contribution in [2.45, 2.75) is 12.0 Å². The number of hydrogen-bond acceptors (Lipinski definition) is 7. The fraction of sp³-hybridized carbons (Fsp3) is 0.0196. The van der Waals surface area contributed by atoms with E-state index in [1.54, 1.807) is 0 Å². The van der Waals surface area contributed by atoms with Gasteiger partial charge in [0, 0.05) is 71.9 Å². The average Bonchev–Trinajstić information content (AvgIpc) is 1.55. The molecule has 112 heavy (non-hydrogen) atoms. The largest absolute Gasteiger partial charge is 0.307 e. The Morgan fingerprint density at radius 1 is 0.214 bits per heavy atom. The molecule has 2 aliphatic rings. The third-order valence-electron chi connectivity index (χ3n) is 22.5. The van der Waals surface area contributed by atoms with E-state index in [0.717, 1.165) is 139 Å². The second-order valence-electron chi connectivity index (χ2n) is 28.9. The van der Waals surface area contributed by atoms with Crippen LogP contribution in [-0.2, 0) is 0 Å². The van der Waals surface area contributed by atoms with Crippen molar-refractivity contribution >= 4 is 77.1 Å². The minimum Gasteiger partial charge on any atom is -0.307 e. The molecule has 0 radical (unpaired) electrons. The lowest BCUT2D eigenvalue weighted by atomic mass is 9.91. The van der Waals surface area contributed by atoms with Crippen LogP contribution in [0.2, 0.25) is 0 Å². The second-order valence-corrected chi connectivity index (χ2v) is 28.9. The monoisotopic (exact) mass is 1430 g/mol. The van der Waals surface area contributed by atoms with Crippen LogP contribution in [0.1, 0.15) is 11.5 Å². The molecule has 10 nitrogen and oxygen atoms in total. The van der Waals surface area contributed by atoms with Gasteiger partial charge in [0.2, 0.25) is 11.9 Å². The number of hydrogen-bond donors (Lipinski definition) is 0. The highest BCUT2D eigenvalue weighted by atomic mass is 15.3. The Morgan fingerprint density at radius 2 is 0.536 bits per heavy atom. The summed E-state index contributed by atoms with van der Waals surface area (Å²) in [6, 6.07) is 130. The Hall–Kier alpha value is -15.0. The molecule has 0 fully saturated rings. The molecular formula is C102H66N10. The Kier molecular flexibility index (Phi) is 15.2. The number of rotatable bonds is 13. The summed E-state index contributed by atoms with van der Waals surface area (Å²) in [5, 5.41) is 6.90. The minimum absolute atomic E-state index is 0.0702. The zero-order chi connectivity index (χ0) is 73.7. The van der Waals surface area contributed by atoms with Crippen molar-refractivity contribution in [2.75, 3.05) is 4.90 Å². The number of para-hydroxylation sites is 4. The van der Waals surface area contributed by atoms with Gasteiger partial charge < -0.3 is 14.0 Å². The normalized spacial score (nSPS) is 13.8. The van der Waals surface area contributed by atoms with E-state index in [0.29, 0.717) is 35.2 Å².